The third-order valence-electron chi connectivity index (χ3n) is 6.24. The standard InChI is InChI=1S/C24H29N5O2/c1-3-17(2)21(25-23(30)18-10-5-4-6-11-18)24(31)28-14-9-12-19(16-28)22-27-26-20-13-7-8-15-29(20)22/h4-8,10-11,13,15,17,19,21H,3,9,12,14,16H2,1-2H3,(H,25,30)/t17-,19-,21+/m0/s1. The SMILES string of the molecule is CC[C@H](C)[C@@H](NC(=O)c1ccccc1)C(=O)N1CCC[C@H](c2nnc3ccccn23)C1. The number of benzene rings is 1. The molecule has 31 heavy (non-hydrogen) atoms. The van der Waals surface area contributed by atoms with Gasteiger partial charge in [-0.25, -0.2) is 0 Å². The summed E-state index contributed by atoms with van der Waals surface area (Å²) in [5.41, 5.74) is 1.38. The van der Waals surface area contributed by atoms with E-state index >= 15 is 0 Å². The summed E-state index contributed by atoms with van der Waals surface area (Å²) in [5.74, 6) is 0.821. The van der Waals surface area contributed by atoms with Crippen molar-refractivity contribution in [3.8, 4) is 0 Å². The number of piperidine rings is 1. The monoisotopic (exact) mass is 419 g/mol. The molecule has 1 N–H and O–H groups in total. The number of fused-ring (bicyclic) bond motifs is 1. The normalized spacial score (nSPS) is 18.5. The lowest BCUT2D eigenvalue weighted by Gasteiger charge is -2.36. The van der Waals surface area contributed by atoms with Crippen LogP contribution < -0.4 is 5.32 Å². The number of pyridine rings is 1. The van der Waals surface area contributed by atoms with Gasteiger partial charge >= 0.3 is 0 Å². The zero-order valence-electron chi connectivity index (χ0n) is 18.1. The van der Waals surface area contributed by atoms with Gasteiger partial charge in [0.25, 0.3) is 5.91 Å². The van der Waals surface area contributed by atoms with Crippen molar-refractivity contribution in [2.75, 3.05) is 13.1 Å². The molecular formula is C24H29N5O2. The molecule has 4 rings (SSSR count). The zero-order valence-corrected chi connectivity index (χ0v) is 18.1. The fraction of sp³-hybridized carbons (Fsp3) is 0.417. The van der Waals surface area contributed by atoms with Gasteiger partial charge < -0.3 is 10.2 Å². The maximum absolute atomic E-state index is 13.5. The van der Waals surface area contributed by atoms with Crippen molar-refractivity contribution in [3.63, 3.8) is 0 Å². The summed E-state index contributed by atoms with van der Waals surface area (Å²) in [7, 11) is 0. The second-order valence-corrected chi connectivity index (χ2v) is 8.31. The fourth-order valence-corrected chi connectivity index (χ4v) is 4.22. The number of carbonyl (C=O) groups excluding carboxylic acids is 2. The maximum atomic E-state index is 13.5. The molecule has 7 nitrogen and oxygen atoms in total. The number of hydrogen-bond acceptors (Lipinski definition) is 4. The van der Waals surface area contributed by atoms with E-state index in [0.717, 1.165) is 30.7 Å². The first-order valence-electron chi connectivity index (χ1n) is 11.0. The van der Waals surface area contributed by atoms with E-state index in [0.29, 0.717) is 18.7 Å². The zero-order chi connectivity index (χ0) is 21.8. The van der Waals surface area contributed by atoms with Gasteiger partial charge in [-0.05, 0) is 43.0 Å². The van der Waals surface area contributed by atoms with Crippen molar-refractivity contribution in [1.82, 2.24) is 24.8 Å². The van der Waals surface area contributed by atoms with Crippen molar-refractivity contribution < 1.29 is 9.59 Å². The van der Waals surface area contributed by atoms with Gasteiger partial charge in [0.2, 0.25) is 5.91 Å². The van der Waals surface area contributed by atoms with Crippen molar-refractivity contribution in [3.05, 3.63) is 66.1 Å². The Bertz CT molecular complexity index is 1050. The first-order valence-corrected chi connectivity index (χ1v) is 11.0. The van der Waals surface area contributed by atoms with Gasteiger partial charge in [0.15, 0.2) is 5.65 Å². The number of nitrogens with one attached hydrogen (secondary N) is 1. The molecule has 2 aromatic heterocycles. The van der Waals surface area contributed by atoms with Gasteiger partial charge in [0.05, 0.1) is 0 Å². The Labute approximate surface area is 182 Å². The van der Waals surface area contributed by atoms with Crippen LogP contribution in [0.3, 0.4) is 0 Å². The Balaban J connectivity index is 1.51. The molecule has 0 unspecified atom stereocenters. The predicted octanol–water partition coefficient (Wildman–Crippen LogP) is 3.28. The highest BCUT2D eigenvalue weighted by Gasteiger charge is 2.34. The summed E-state index contributed by atoms with van der Waals surface area (Å²) in [6.07, 6.45) is 4.63. The van der Waals surface area contributed by atoms with Crippen LogP contribution in [-0.4, -0.2) is 50.4 Å². The third-order valence-corrected chi connectivity index (χ3v) is 6.24. The number of aromatic nitrogens is 3. The first-order chi connectivity index (χ1) is 15.1. The van der Waals surface area contributed by atoms with Crippen LogP contribution >= 0.6 is 0 Å². The number of rotatable bonds is 6. The van der Waals surface area contributed by atoms with Crippen LogP contribution in [0.2, 0.25) is 0 Å². The first kappa shape index (κ1) is 21.0. The van der Waals surface area contributed by atoms with Crippen molar-refractivity contribution in [2.45, 2.75) is 45.1 Å². The van der Waals surface area contributed by atoms with E-state index in [1.54, 1.807) is 12.1 Å². The van der Waals surface area contributed by atoms with Gasteiger partial charge in [-0.1, -0.05) is 44.5 Å². The molecule has 2 amide bonds. The summed E-state index contributed by atoms with van der Waals surface area (Å²) in [4.78, 5) is 28.2. The molecule has 162 valence electrons. The summed E-state index contributed by atoms with van der Waals surface area (Å²) < 4.78 is 2.00. The van der Waals surface area contributed by atoms with Crippen LogP contribution in [0.5, 0.6) is 0 Å². The van der Waals surface area contributed by atoms with Gasteiger partial charge in [-0.2, -0.15) is 0 Å². The lowest BCUT2D eigenvalue weighted by Crippen LogP contribution is -2.53. The Morgan fingerprint density at radius 2 is 1.90 bits per heavy atom. The Kier molecular flexibility index (Phi) is 6.30. The number of hydrogen-bond donors (Lipinski definition) is 1. The Hall–Kier alpha value is -3.22. The molecule has 0 bridgehead atoms. The molecule has 1 aromatic carbocycles. The van der Waals surface area contributed by atoms with Crippen molar-refractivity contribution in [2.24, 2.45) is 5.92 Å². The van der Waals surface area contributed by atoms with E-state index in [1.165, 1.54) is 0 Å². The summed E-state index contributed by atoms with van der Waals surface area (Å²) >= 11 is 0. The van der Waals surface area contributed by atoms with Gasteiger partial charge in [0.1, 0.15) is 11.9 Å². The van der Waals surface area contributed by atoms with Crippen LogP contribution in [0.15, 0.2) is 54.7 Å². The summed E-state index contributed by atoms with van der Waals surface area (Å²) in [6, 6.07) is 14.3. The number of nitrogens with zero attached hydrogens (tertiary/aromatic N) is 4. The number of amides is 2. The van der Waals surface area contributed by atoms with E-state index in [1.807, 2.05) is 65.7 Å². The number of likely N-dealkylation sites (tertiary alicyclic amines) is 1. The molecule has 0 radical (unpaired) electrons. The quantitative estimate of drug-likeness (QED) is 0.665. The van der Waals surface area contributed by atoms with E-state index in [4.69, 9.17) is 0 Å². The molecular weight excluding hydrogens is 390 g/mol. The average molecular weight is 420 g/mol. The molecule has 3 heterocycles. The van der Waals surface area contributed by atoms with Crippen molar-refractivity contribution in [1.29, 1.82) is 0 Å². The highest BCUT2D eigenvalue weighted by atomic mass is 16.2. The van der Waals surface area contributed by atoms with Crippen LogP contribution in [-0.2, 0) is 4.79 Å². The Morgan fingerprint density at radius 3 is 2.68 bits per heavy atom. The molecule has 1 fully saturated rings. The minimum absolute atomic E-state index is 0.0165. The second-order valence-electron chi connectivity index (χ2n) is 8.31. The van der Waals surface area contributed by atoms with Crippen LogP contribution in [0.25, 0.3) is 5.65 Å². The molecule has 1 aliphatic rings. The van der Waals surface area contributed by atoms with Gasteiger partial charge in [-0.3, -0.25) is 14.0 Å². The molecule has 0 aliphatic carbocycles. The van der Waals surface area contributed by atoms with Gasteiger partial charge in [0, 0.05) is 30.8 Å². The highest BCUT2D eigenvalue weighted by molar-refractivity contribution is 5.97. The van der Waals surface area contributed by atoms with Crippen LogP contribution in [0.4, 0.5) is 0 Å². The van der Waals surface area contributed by atoms with E-state index in [2.05, 4.69) is 15.5 Å². The third kappa shape index (κ3) is 4.45. The summed E-state index contributed by atoms with van der Waals surface area (Å²) in [5, 5.41) is 11.7. The summed E-state index contributed by atoms with van der Waals surface area (Å²) in [6.45, 7) is 5.34. The Morgan fingerprint density at radius 1 is 1.13 bits per heavy atom. The molecule has 0 saturated carbocycles. The average Bonchev–Trinajstić information content (AvgIpc) is 3.26. The molecule has 1 saturated heterocycles. The van der Waals surface area contributed by atoms with Crippen LogP contribution in [0, 0.1) is 5.92 Å². The molecule has 7 heteroatoms. The topological polar surface area (TPSA) is 79.6 Å². The largest absolute Gasteiger partial charge is 0.340 e. The van der Waals surface area contributed by atoms with E-state index in [-0.39, 0.29) is 23.7 Å². The molecule has 3 aromatic rings. The minimum atomic E-state index is -0.549. The van der Waals surface area contributed by atoms with Crippen molar-refractivity contribution >= 4 is 17.5 Å². The maximum Gasteiger partial charge on any atom is 0.251 e. The molecule has 1 aliphatic heterocycles. The predicted molar refractivity (Wildman–Crippen MR) is 119 cm³/mol. The van der Waals surface area contributed by atoms with Crippen LogP contribution in [0.1, 0.15) is 55.2 Å². The molecule has 3 atom stereocenters. The lowest BCUT2D eigenvalue weighted by atomic mass is 9.93. The second kappa shape index (κ2) is 9.29. The van der Waals surface area contributed by atoms with E-state index < -0.39 is 6.04 Å². The molecule has 0 spiro atoms. The smallest absolute Gasteiger partial charge is 0.251 e. The fourth-order valence-electron chi connectivity index (χ4n) is 4.22. The highest BCUT2D eigenvalue weighted by Crippen LogP contribution is 2.27. The lowest BCUT2D eigenvalue weighted by molar-refractivity contribution is -0.135. The van der Waals surface area contributed by atoms with Gasteiger partial charge in [-0.15, -0.1) is 10.2 Å². The minimum Gasteiger partial charge on any atom is -0.340 e. The number of carbonyl (C=O) groups is 2. The van der Waals surface area contributed by atoms with E-state index in [9.17, 15) is 9.59 Å².